The van der Waals surface area contributed by atoms with Crippen LogP contribution in [0.5, 0.6) is 0 Å². The van der Waals surface area contributed by atoms with Crippen LogP contribution in [-0.4, -0.2) is 18.4 Å². The highest BCUT2D eigenvalue weighted by Gasteiger charge is 2.16. The third-order valence-corrected chi connectivity index (χ3v) is 5.19. The van der Waals surface area contributed by atoms with Crippen LogP contribution in [0.15, 0.2) is 70.4 Å². The van der Waals surface area contributed by atoms with E-state index in [1.165, 1.54) is 12.1 Å². The summed E-state index contributed by atoms with van der Waals surface area (Å²) in [5.74, 6) is 0. The van der Waals surface area contributed by atoms with Crippen molar-refractivity contribution in [3.05, 3.63) is 71.1 Å². The van der Waals surface area contributed by atoms with Crippen LogP contribution in [0.4, 0.5) is 5.69 Å². The molecule has 3 aromatic carbocycles. The Morgan fingerprint density at radius 2 is 1.58 bits per heavy atom. The molecule has 0 saturated heterocycles. The molecule has 0 amide bonds. The molecule has 4 aromatic rings. The standard InChI is InChI=1S/C17H13N3O3S/c21-17-18-15-9-8-12(10-16(15)19-17)24(22,23)20-14-7-3-5-11-4-1-2-6-13(11)14/h1-10,20H,(H2,18,19,21). The fourth-order valence-electron chi connectivity index (χ4n) is 2.70. The van der Waals surface area contributed by atoms with Gasteiger partial charge in [0.2, 0.25) is 0 Å². The second kappa shape index (κ2) is 5.24. The van der Waals surface area contributed by atoms with Crippen molar-refractivity contribution in [3.8, 4) is 0 Å². The minimum absolute atomic E-state index is 0.0817. The summed E-state index contributed by atoms with van der Waals surface area (Å²) in [6.45, 7) is 0. The fraction of sp³-hybridized carbons (Fsp3) is 0. The van der Waals surface area contributed by atoms with Gasteiger partial charge in [-0.05, 0) is 29.7 Å². The van der Waals surface area contributed by atoms with Crippen molar-refractivity contribution in [2.75, 3.05) is 4.72 Å². The predicted octanol–water partition coefficient (Wildman–Crippen LogP) is 2.81. The van der Waals surface area contributed by atoms with Crippen LogP contribution in [0.25, 0.3) is 21.8 Å². The Hall–Kier alpha value is -3.06. The zero-order chi connectivity index (χ0) is 16.7. The minimum atomic E-state index is -3.77. The van der Waals surface area contributed by atoms with Crippen LogP contribution in [0.2, 0.25) is 0 Å². The molecule has 120 valence electrons. The lowest BCUT2D eigenvalue weighted by molar-refractivity contribution is 0.601. The van der Waals surface area contributed by atoms with Crippen LogP contribution < -0.4 is 10.4 Å². The quantitative estimate of drug-likeness (QED) is 0.535. The maximum atomic E-state index is 12.7. The zero-order valence-electron chi connectivity index (χ0n) is 12.4. The third kappa shape index (κ3) is 2.44. The number of anilines is 1. The Morgan fingerprint density at radius 3 is 2.46 bits per heavy atom. The Morgan fingerprint density at radius 1 is 0.833 bits per heavy atom. The number of nitrogens with one attached hydrogen (secondary N) is 3. The summed E-state index contributed by atoms with van der Waals surface area (Å²) >= 11 is 0. The first-order valence-corrected chi connectivity index (χ1v) is 8.74. The van der Waals surface area contributed by atoms with Crippen molar-refractivity contribution in [1.82, 2.24) is 9.97 Å². The molecule has 0 aliphatic carbocycles. The van der Waals surface area contributed by atoms with Gasteiger partial charge in [0.05, 0.1) is 21.6 Å². The van der Waals surface area contributed by atoms with Crippen LogP contribution in [0.1, 0.15) is 0 Å². The molecule has 0 aliphatic rings. The molecule has 3 N–H and O–H groups in total. The monoisotopic (exact) mass is 339 g/mol. The molecule has 1 heterocycles. The number of rotatable bonds is 3. The van der Waals surface area contributed by atoms with Gasteiger partial charge in [0, 0.05) is 5.39 Å². The maximum Gasteiger partial charge on any atom is 0.323 e. The maximum absolute atomic E-state index is 12.7. The predicted molar refractivity (Wildman–Crippen MR) is 93.7 cm³/mol. The highest BCUT2D eigenvalue weighted by atomic mass is 32.2. The lowest BCUT2D eigenvalue weighted by Crippen LogP contribution is -2.13. The summed E-state index contributed by atoms with van der Waals surface area (Å²) in [5, 5.41) is 1.77. The second-order valence-electron chi connectivity index (χ2n) is 5.42. The van der Waals surface area contributed by atoms with Gasteiger partial charge in [-0.1, -0.05) is 36.4 Å². The summed E-state index contributed by atoms with van der Waals surface area (Å²) < 4.78 is 28.0. The summed E-state index contributed by atoms with van der Waals surface area (Å²) in [4.78, 5) is 16.5. The van der Waals surface area contributed by atoms with Crippen molar-refractivity contribution in [1.29, 1.82) is 0 Å². The first-order valence-electron chi connectivity index (χ1n) is 7.26. The normalized spacial score (nSPS) is 11.8. The zero-order valence-corrected chi connectivity index (χ0v) is 13.2. The molecule has 24 heavy (non-hydrogen) atoms. The molecule has 6 nitrogen and oxygen atoms in total. The number of H-pyrrole nitrogens is 2. The largest absolute Gasteiger partial charge is 0.323 e. The van der Waals surface area contributed by atoms with E-state index in [2.05, 4.69) is 14.7 Å². The third-order valence-electron chi connectivity index (χ3n) is 3.83. The average molecular weight is 339 g/mol. The number of aromatic nitrogens is 2. The Balaban J connectivity index is 1.80. The van der Waals surface area contributed by atoms with Gasteiger partial charge < -0.3 is 9.97 Å². The topological polar surface area (TPSA) is 94.8 Å². The highest BCUT2D eigenvalue weighted by molar-refractivity contribution is 7.92. The number of hydrogen-bond donors (Lipinski definition) is 3. The second-order valence-corrected chi connectivity index (χ2v) is 7.10. The summed E-state index contributed by atoms with van der Waals surface area (Å²) in [5.41, 5.74) is 1.14. The summed E-state index contributed by atoms with van der Waals surface area (Å²) in [6.07, 6.45) is 0. The van der Waals surface area contributed by atoms with Crippen molar-refractivity contribution in [2.45, 2.75) is 4.90 Å². The van der Waals surface area contributed by atoms with Gasteiger partial charge in [0.15, 0.2) is 0 Å². The first-order chi connectivity index (χ1) is 11.5. The van der Waals surface area contributed by atoms with E-state index in [9.17, 15) is 13.2 Å². The molecule has 0 fully saturated rings. The Labute approximate surface area is 137 Å². The van der Waals surface area contributed by atoms with Crippen molar-refractivity contribution < 1.29 is 8.42 Å². The summed E-state index contributed by atoms with van der Waals surface area (Å²) in [6, 6.07) is 17.4. The molecule has 0 spiro atoms. The fourth-order valence-corrected chi connectivity index (χ4v) is 3.80. The first kappa shape index (κ1) is 14.5. The van der Waals surface area contributed by atoms with Gasteiger partial charge in [-0.15, -0.1) is 0 Å². The molecule has 4 rings (SSSR count). The van der Waals surface area contributed by atoms with Crippen LogP contribution in [0.3, 0.4) is 0 Å². The van der Waals surface area contributed by atoms with Crippen molar-refractivity contribution >= 4 is 37.5 Å². The van der Waals surface area contributed by atoms with Crippen LogP contribution in [0, 0.1) is 0 Å². The number of imidazole rings is 1. The van der Waals surface area contributed by atoms with Gasteiger partial charge in [0.25, 0.3) is 10.0 Å². The van der Waals surface area contributed by atoms with Gasteiger partial charge >= 0.3 is 5.69 Å². The van der Waals surface area contributed by atoms with Gasteiger partial charge in [-0.3, -0.25) is 4.72 Å². The summed E-state index contributed by atoms with van der Waals surface area (Å²) in [7, 11) is -3.77. The molecule has 0 aliphatic heterocycles. The van der Waals surface area contributed by atoms with E-state index in [-0.39, 0.29) is 10.6 Å². The van der Waals surface area contributed by atoms with E-state index < -0.39 is 10.0 Å². The van der Waals surface area contributed by atoms with E-state index in [0.29, 0.717) is 16.7 Å². The van der Waals surface area contributed by atoms with Crippen molar-refractivity contribution in [3.63, 3.8) is 0 Å². The van der Waals surface area contributed by atoms with Gasteiger partial charge in [0.1, 0.15) is 0 Å². The average Bonchev–Trinajstić information content (AvgIpc) is 2.94. The smallest absolute Gasteiger partial charge is 0.306 e. The van der Waals surface area contributed by atoms with Crippen LogP contribution >= 0.6 is 0 Å². The van der Waals surface area contributed by atoms with Gasteiger partial charge in [-0.2, -0.15) is 0 Å². The SMILES string of the molecule is O=c1[nH]c2ccc(S(=O)(=O)Nc3cccc4ccccc34)cc2[nH]1. The molecule has 0 saturated carbocycles. The highest BCUT2D eigenvalue weighted by Crippen LogP contribution is 2.26. The number of aromatic amines is 2. The number of sulfonamides is 1. The molecule has 0 radical (unpaired) electrons. The van der Waals surface area contributed by atoms with Crippen molar-refractivity contribution in [2.24, 2.45) is 0 Å². The van der Waals surface area contributed by atoms with E-state index in [4.69, 9.17) is 0 Å². The number of benzene rings is 3. The van der Waals surface area contributed by atoms with Gasteiger partial charge in [-0.25, -0.2) is 13.2 Å². The Kier molecular flexibility index (Phi) is 3.17. The van der Waals surface area contributed by atoms with E-state index in [0.717, 1.165) is 10.8 Å². The van der Waals surface area contributed by atoms with E-state index in [1.807, 2.05) is 30.3 Å². The minimum Gasteiger partial charge on any atom is -0.306 e. The Bertz CT molecular complexity index is 1220. The molecule has 0 atom stereocenters. The van der Waals surface area contributed by atoms with Crippen LogP contribution in [-0.2, 0) is 10.0 Å². The number of fused-ring (bicyclic) bond motifs is 2. The molecular formula is C17H13N3O3S. The molecule has 0 bridgehead atoms. The lowest BCUT2D eigenvalue weighted by atomic mass is 10.1. The molecular weight excluding hydrogens is 326 g/mol. The number of hydrogen-bond acceptors (Lipinski definition) is 3. The van der Waals surface area contributed by atoms with E-state index in [1.54, 1.807) is 18.2 Å². The lowest BCUT2D eigenvalue weighted by Gasteiger charge is -2.10. The molecule has 1 aromatic heterocycles. The molecule has 7 heteroatoms. The molecule has 0 unspecified atom stereocenters. The van der Waals surface area contributed by atoms with E-state index >= 15 is 0 Å².